The van der Waals surface area contributed by atoms with E-state index in [4.69, 9.17) is 19.4 Å². The molecule has 12 aromatic rings. The minimum absolute atomic E-state index is 0.570. The fourth-order valence-electron chi connectivity index (χ4n) is 8.92. The first kappa shape index (κ1) is 33.2. The zero-order valence-electron chi connectivity index (χ0n) is 31.8. The van der Waals surface area contributed by atoms with E-state index in [0.717, 1.165) is 49.8 Å². The summed E-state index contributed by atoms with van der Waals surface area (Å²) in [6, 6.07) is 70.6. The predicted molar refractivity (Wildman–Crippen MR) is 244 cm³/mol. The summed E-state index contributed by atoms with van der Waals surface area (Å²) in [6.07, 6.45) is 0. The van der Waals surface area contributed by atoms with Crippen LogP contribution in [0, 0.1) is 0 Å². The molecule has 4 heteroatoms. The number of fused-ring (bicyclic) bond motifs is 11. The normalized spacial score (nSPS) is 11.7. The Hall–Kier alpha value is -7.95. The van der Waals surface area contributed by atoms with E-state index in [9.17, 15) is 0 Å². The summed E-state index contributed by atoms with van der Waals surface area (Å²) in [5, 5.41) is 12.3. The Morgan fingerprint density at radius 3 is 1.41 bits per heavy atom. The van der Waals surface area contributed by atoms with E-state index < -0.39 is 0 Å². The first-order chi connectivity index (χ1) is 29.2. The van der Waals surface area contributed by atoms with Crippen molar-refractivity contribution in [3.8, 4) is 56.4 Å². The van der Waals surface area contributed by atoms with E-state index in [1.807, 2.05) is 60.7 Å². The minimum atomic E-state index is 0.570. The second-order valence-corrected chi connectivity index (χ2v) is 15.1. The highest BCUT2D eigenvalue weighted by Crippen LogP contribution is 2.43. The van der Waals surface area contributed by atoms with Gasteiger partial charge in [0, 0.05) is 21.9 Å². The molecule has 4 nitrogen and oxygen atoms in total. The number of rotatable bonds is 5. The molecular weight excluding hydrogens is 719 g/mol. The van der Waals surface area contributed by atoms with Crippen LogP contribution in [-0.4, -0.2) is 15.0 Å². The minimum Gasteiger partial charge on any atom is -0.455 e. The number of hydrogen-bond acceptors (Lipinski definition) is 4. The Balaban J connectivity index is 0.936. The van der Waals surface area contributed by atoms with Crippen molar-refractivity contribution in [1.29, 1.82) is 0 Å². The number of hydrogen-bond donors (Lipinski definition) is 0. The first-order valence-electron chi connectivity index (χ1n) is 19.9. The summed E-state index contributed by atoms with van der Waals surface area (Å²) in [5.74, 6) is 1.79. The van der Waals surface area contributed by atoms with Gasteiger partial charge in [-0.3, -0.25) is 0 Å². The molecular formula is C55H33N3O. The molecule has 0 unspecified atom stereocenters. The third-order valence-corrected chi connectivity index (χ3v) is 11.7. The topological polar surface area (TPSA) is 51.8 Å². The van der Waals surface area contributed by atoms with E-state index in [1.165, 1.54) is 54.2 Å². The molecule has 0 bridgehead atoms. The predicted octanol–water partition coefficient (Wildman–Crippen LogP) is 14.7. The molecule has 2 aromatic heterocycles. The van der Waals surface area contributed by atoms with Crippen LogP contribution in [0.2, 0.25) is 0 Å². The average molecular weight is 752 g/mol. The van der Waals surface area contributed by atoms with Gasteiger partial charge in [-0.2, -0.15) is 0 Å². The van der Waals surface area contributed by atoms with Gasteiger partial charge in [-0.1, -0.05) is 182 Å². The van der Waals surface area contributed by atoms with Gasteiger partial charge in [0.1, 0.15) is 11.2 Å². The molecule has 0 aliphatic carbocycles. The van der Waals surface area contributed by atoms with Gasteiger partial charge in [-0.05, 0) is 83.5 Å². The molecule has 0 saturated carbocycles. The second-order valence-electron chi connectivity index (χ2n) is 15.1. The maximum atomic E-state index is 6.40. The van der Waals surface area contributed by atoms with Gasteiger partial charge in [0.05, 0.1) is 5.56 Å². The summed E-state index contributed by atoms with van der Waals surface area (Å²) in [4.78, 5) is 15.1. The molecule has 59 heavy (non-hydrogen) atoms. The smallest absolute Gasteiger partial charge is 0.167 e. The van der Waals surface area contributed by atoms with Crippen LogP contribution in [0.5, 0.6) is 0 Å². The lowest BCUT2D eigenvalue weighted by Gasteiger charge is -2.16. The third-order valence-electron chi connectivity index (χ3n) is 11.7. The highest BCUT2D eigenvalue weighted by atomic mass is 16.3. The summed E-state index contributed by atoms with van der Waals surface area (Å²) >= 11 is 0. The molecule has 0 aliphatic rings. The molecule has 10 aromatic carbocycles. The molecule has 2 heterocycles. The van der Waals surface area contributed by atoms with Crippen LogP contribution >= 0.6 is 0 Å². The molecule has 0 amide bonds. The number of nitrogens with zero attached hydrogens (tertiary/aromatic N) is 3. The van der Waals surface area contributed by atoms with Gasteiger partial charge in [0.15, 0.2) is 17.5 Å². The monoisotopic (exact) mass is 751 g/mol. The lowest BCUT2D eigenvalue weighted by atomic mass is 9.87. The summed E-state index contributed by atoms with van der Waals surface area (Å²) < 4.78 is 6.40. The number of furan rings is 1. The Morgan fingerprint density at radius 1 is 0.271 bits per heavy atom. The zero-order chi connectivity index (χ0) is 38.9. The summed E-state index contributed by atoms with van der Waals surface area (Å²) in [6.45, 7) is 0. The van der Waals surface area contributed by atoms with E-state index in [2.05, 4.69) is 140 Å². The van der Waals surface area contributed by atoms with Crippen LogP contribution in [0.4, 0.5) is 0 Å². The molecule has 274 valence electrons. The second kappa shape index (κ2) is 13.3. The third kappa shape index (κ3) is 5.42. The maximum Gasteiger partial charge on any atom is 0.167 e. The van der Waals surface area contributed by atoms with Gasteiger partial charge < -0.3 is 4.42 Å². The highest BCUT2D eigenvalue weighted by molar-refractivity contribution is 6.33. The quantitative estimate of drug-likeness (QED) is 0.164. The van der Waals surface area contributed by atoms with Crippen LogP contribution in [0.1, 0.15) is 0 Å². The highest BCUT2D eigenvalue weighted by Gasteiger charge is 2.19. The standard InChI is InChI=1S/C55H33N3O/c1-2-13-37(14-3-1)53-56-54(58-55(57-53)47-23-12-22-46-43-19-10-11-24-50(43)59-52(46)47)38-31-27-35(28-32-38)34-25-29-36(30-26-34)48-33-49-41-17-5-4-15-39(41)40-16-6-8-20-44(40)51(49)45-21-9-7-18-42(45)48/h1-33H. The Morgan fingerprint density at radius 2 is 0.729 bits per heavy atom. The molecule has 0 atom stereocenters. The molecule has 0 saturated heterocycles. The largest absolute Gasteiger partial charge is 0.455 e. The fraction of sp³-hybridized carbons (Fsp3) is 0. The number of benzene rings is 10. The van der Waals surface area contributed by atoms with Gasteiger partial charge in [-0.15, -0.1) is 0 Å². The molecule has 0 spiro atoms. The van der Waals surface area contributed by atoms with E-state index in [1.54, 1.807) is 0 Å². The first-order valence-corrected chi connectivity index (χ1v) is 19.9. The Bertz CT molecular complexity index is 3590. The maximum absolute atomic E-state index is 6.40. The van der Waals surface area contributed by atoms with Crippen molar-refractivity contribution in [3.63, 3.8) is 0 Å². The van der Waals surface area contributed by atoms with Crippen molar-refractivity contribution < 1.29 is 4.42 Å². The molecule has 0 N–H and O–H groups in total. The van der Waals surface area contributed by atoms with Crippen molar-refractivity contribution in [3.05, 3.63) is 200 Å². The van der Waals surface area contributed by atoms with Gasteiger partial charge in [0.25, 0.3) is 0 Å². The van der Waals surface area contributed by atoms with Crippen molar-refractivity contribution in [2.24, 2.45) is 0 Å². The average Bonchev–Trinajstić information content (AvgIpc) is 3.71. The Kier molecular flexibility index (Phi) is 7.50. The molecule has 12 rings (SSSR count). The van der Waals surface area contributed by atoms with Crippen LogP contribution in [-0.2, 0) is 0 Å². The number of aromatic nitrogens is 3. The van der Waals surface area contributed by atoms with Crippen LogP contribution in [0.15, 0.2) is 205 Å². The SMILES string of the molecule is c1ccc(-c2nc(-c3ccc(-c4ccc(-c5cc6c7ccccc7c7ccccc7c6c6ccccc56)cc4)cc3)nc(-c3cccc4c3oc3ccccc34)n2)cc1. The van der Waals surface area contributed by atoms with Crippen LogP contribution in [0.25, 0.3) is 121 Å². The lowest BCUT2D eigenvalue weighted by Crippen LogP contribution is -2.00. The van der Waals surface area contributed by atoms with Crippen LogP contribution < -0.4 is 0 Å². The number of para-hydroxylation sites is 2. The van der Waals surface area contributed by atoms with Gasteiger partial charge in [-0.25, -0.2) is 15.0 Å². The molecule has 0 radical (unpaired) electrons. The fourth-order valence-corrected chi connectivity index (χ4v) is 8.92. The summed E-state index contributed by atoms with van der Waals surface area (Å²) in [5.41, 5.74) is 8.94. The van der Waals surface area contributed by atoms with E-state index >= 15 is 0 Å². The van der Waals surface area contributed by atoms with Crippen molar-refractivity contribution in [2.45, 2.75) is 0 Å². The van der Waals surface area contributed by atoms with Crippen molar-refractivity contribution >= 4 is 65.0 Å². The van der Waals surface area contributed by atoms with Gasteiger partial charge in [0.2, 0.25) is 0 Å². The zero-order valence-corrected chi connectivity index (χ0v) is 31.8. The summed E-state index contributed by atoms with van der Waals surface area (Å²) in [7, 11) is 0. The van der Waals surface area contributed by atoms with E-state index in [0.29, 0.717) is 17.5 Å². The van der Waals surface area contributed by atoms with Crippen LogP contribution in [0.3, 0.4) is 0 Å². The van der Waals surface area contributed by atoms with Crippen molar-refractivity contribution in [1.82, 2.24) is 15.0 Å². The molecule has 0 aliphatic heterocycles. The van der Waals surface area contributed by atoms with Gasteiger partial charge >= 0.3 is 0 Å². The lowest BCUT2D eigenvalue weighted by molar-refractivity contribution is 0.669. The molecule has 0 fully saturated rings. The van der Waals surface area contributed by atoms with E-state index in [-0.39, 0.29) is 0 Å². The Labute approximate surface area is 339 Å². The van der Waals surface area contributed by atoms with Crippen molar-refractivity contribution in [2.75, 3.05) is 0 Å².